The van der Waals surface area contributed by atoms with Crippen LogP contribution in [-0.2, 0) is 0 Å². The largest absolute Gasteiger partial charge is 0.496 e. The Morgan fingerprint density at radius 2 is 2.38 bits per heavy atom. The lowest BCUT2D eigenvalue weighted by molar-refractivity contribution is 0.401. The molecular formula is C13H19NOS. The molecule has 1 rings (SSSR count). The number of ether oxygens (including phenoxy) is 1. The molecule has 88 valence electrons. The summed E-state index contributed by atoms with van der Waals surface area (Å²) in [5.41, 5.74) is 0. The van der Waals surface area contributed by atoms with Gasteiger partial charge in [0.05, 0.1) is 12.0 Å². The zero-order chi connectivity index (χ0) is 11.8. The molecule has 0 aliphatic heterocycles. The van der Waals surface area contributed by atoms with Gasteiger partial charge >= 0.3 is 0 Å². The molecule has 1 aromatic rings. The van der Waals surface area contributed by atoms with Gasteiger partial charge in [-0.05, 0) is 31.3 Å². The molecule has 0 radical (unpaired) electrons. The van der Waals surface area contributed by atoms with Crippen molar-refractivity contribution in [2.75, 3.05) is 13.7 Å². The molecule has 0 aliphatic carbocycles. The zero-order valence-corrected chi connectivity index (χ0v) is 11.0. The van der Waals surface area contributed by atoms with E-state index in [-0.39, 0.29) is 0 Å². The summed E-state index contributed by atoms with van der Waals surface area (Å²) in [6.07, 6.45) is 1.96. The summed E-state index contributed by atoms with van der Waals surface area (Å²) in [7, 11) is 1.72. The van der Waals surface area contributed by atoms with Gasteiger partial charge < -0.3 is 10.1 Å². The van der Waals surface area contributed by atoms with Gasteiger partial charge in [0.1, 0.15) is 5.75 Å². The summed E-state index contributed by atoms with van der Waals surface area (Å²) >= 11 is 1.74. The van der Waals surface area contributed by atoms with Crippen LogP contribution in [0.2, 0.25) is 0 Å². The second-order valence-corrected chi connectivity index (χ2v) is 4.38. The minimum Gasteiger partial charge on any atom is -0.496 e. The van der Waals surface area contributed by atoms with E-state index in [1.54, 1.807) is 18.4 Å². The second-order valence-electron chi connectivity index (χ2n) is 3.43. The average molecular weight is 237 g/mol. The van der Waals surface area contributed by atoms with Crippen molar-refractivity contribution in [1.82, 2.24) is 5.32 Å². The van der Waals surface area contributed by atoms with Crippen molar-refractivity contribution in [2.45, 2.75) is 32.7 Å². The molecule has 0 spiro atoms. The van der Waals surface area contributed by atoms with Gasteiger partial charge in [-0.15, -0.1) is 23.2 Å². The molecule has 1 aromatic heterocycles. The Kier molecular flexibility index (Phi) is 5.99. The molecule has 0 bridgehead atoms. The second kappa shape index (κ2) is 7.32. The molecule has 0 saturated carbocycles. The first-order valence-corrected chi connectivity index (χ1v) is 6.45. The summed E-state index contributed by atoms with van der Waals surface area (Å²) < 4.78 is 5.35. The Hall–Kier alpha value is -0.980. The number of thiophene rings is 1. The summed E-state index contributed by atoms with van der Waals surface area (Å²) in [5, 5.41) is 5.55. The summed E-state index contributed by atoms with van der Waals surface area (Å²) in [5.74, 6) is 7.03. The van der Waals surface area contributed by atoms with Crippen molar-refractivity contribution in [1.29, 1.82) is 0 Å². The summed E-state index contributed by atoms with van der Waals surface area (Å²) in [6, 6.07) is 2.39. The van der Waals surface area contributed by atoms with Gasteiger partial charge in [-0.25, -0.2) is 0 Å². The van der Waals surface area contributed by atoms with E-state index in [1.807, 2.05) is 13.0 Å². The SMILES string of the molecule is CC#CCCC(NCC)c1sccc1OC. The summed E-state index contributed by atoms with van der Waals surface area (Å²) in [4.78, 5) is 1.28. The number of methoxy groups -OCH3 is 1. The molecule has 0 aromatic carbocycles. The van der Waals surface area contributed by atoms with Gasteiger partial charge in [-0.2, -0.15) is 0 Å². The first-order valence-electron chi connectivity index (χ1n) is 5.57. The van der Waals surface area contributed by atoms with Crippen LogP contribution in [0.1, 0.15) is 37.6 Å². The fraction of sp³-hybridized carbons (Fsp3) is 0.538. The van der Waals surface area contributed by atoms with E-state index in [0.717, 1.165) is 25.1 Å². The molecule has 16 heavy (non-hydrogen) atoms. The van der Waals surface area contributed by atoms with Crippen LogP contribution < -0.4 is 10.1 Å². The highest BCUT2D eigenvalue weighted by Gasteiger charge is 2.15. The van der Waals surface area contributed by atoms with Crippen molar-refractivity contribution < 1.29 is 4.74 Å². The lowest BCUT2D eigenvalue weighted by Gasteiger charge is -2.16. The lowest BCUT2D eigenvalue weighted by atomic mass is 10.1. The Morgan fingerprint density at radius 3 is 3.00 bits per heavy atom. The van der Waals surface area contributed by atoms with E-state index >= 15 is 0 Å². The van der Waals surface area contributed by atoms with Gasteiger partial charge in [-0.1, -0.05) is 6.92 Å². The van der Waals surface area contributed by atoms with Crippen LogP contribution in [0.15, 0.2) is 11.4 Å². The molecule has 0 aliphatic rings. The molecular weight excluding hydrogens is 218 g/mol. The van der Waals surface area contributed by atoms with Crippen molar-refractivity contribution in [3.63, 3.8) is 0 Å². The molecule has 0 amide bonds. The van der Waals surface area contributed by atoms with Crippen LogP contribution in [0, 0.1) is 11.8 Å². The third-order valence-corrected chi connectivity index (χ3v) is 3.39. The van der Waals surface area contributed by atoms with E-state index in [0.29, 0.717) is 6.04 Å². The van der Waals surface area contributed by atoms with Crippen molar-refractivity contribution in [3.8, 4) is 17.6 Å². The Labute approximate surface area is 102 Å². The first kappa shape index (κ1) is 13.1. The first-order chi connectivity index (χ1) is 7.83. The van der Waals surface area contributed by atoms with Gasteiger partial charge in [0, 0.05) is 12.5 Å². The van der Waals surface area contributed by atoms with E-state index in [1.165, 1.54) is 4.88 Å². The fourth-order valence-electron chi connectivity index (χ4n) is 1.65. The van der Waals surface area contributed by atoms with E-state index in [2.05, 4.69) is 29.5 Å². The maximum atomic E-state index is 5.35. The van der Waals surface area contributed by atoms with Crippen LogP contribution >= 0.6 is 11.3 Å². The maximum Gasteiger partial charge on any atom is 0.134 e. The van der Waals surface area contributed by atoms with Crippen LogP contribution in [-0.4, -0.2) is 13.7 Å². The number of nitrogens with one attached hydrogen (secondary N) is 1. The Bertz CT molecular complexity index is 361. The minimum atomic E-state index is 0.362. The molecule has 1 atom stereocenters. The molecule has 2 nitrogen and oxygen atoms in total. The average Bonchev–Trinajstić information content (AvgIpc) is 2.76. The van der Waals surface area contributed by atoms with Gasteiger partial charge in [0.15, 0.2) is 0 Å². The van der Waals surface area contributed by atoms with E-state index in [9.17, 15) is 0 Å². The highest BCUT2D eigenvalue weighted by Crippen LogP contribution is 2.33. The molecule has 0 saturated heterocycles. The number of hydrogen-bond donors (Lipinski definition) is 1. The zero-order valence-electron chi connectivity index (χ0n) is 10.2. The van der Waals surface area contributed by atoms with Gasteiger partial charge in [-0.3, -0.25) is 0 Å². The third kappa shape index (κ3) is 3.55. The fourth-order valence-corrected chi connectivity index (χ4v) is 2.62. The monoisotopic (exact) mass is 237 g/mol. The highest BCUT2D eigenvalue weighted by molar-refractivity contribution is 7.10. The predicted molar refractivity (Wildman–Crippen MR) is 70.0 cm³/mol. The predicted octanol–water partition coefficient (Wildman–Crippen LogP) is 3.21. The number of rotatable bonds is 6. The number of hydrogen-bond acceptors (Lipinski definition) is 3. The normalized spacial score (nSPS) is 11.7. The van der Waals surface area contributed by atoms with Gasteiger partial charge in [0.25, 0.3) is 0 Å². The molecule has 1 N–H and O–H groups in total. The lowest BCUT2D eigenvalue weighted by Crippen LogP contribution is -2.20. The third-order valence-electron chi connectivity index (χ3n) is 2.38. The van der Waals surface area contributed by atoms with Crippen molar-refractivity contribution in [2.24, 2.45) is 0 Å². The van der Waals surface area contributed by atoms with Crippen molar-refractivity contribution in [3.05, 3.63) is 16.3 Å². The van der Waals surface area contributed by atoms with E-state index < -0.39 is 0 Å². The van der Waals surface area contributed by atoms with Crippen LogP contribution in [0.4, 0.5) is 0 Å². The molecule has 1 unspecified atom stereocenters. The quantitative estimate of drug-likeness (QED) is 0.767. The molecule has 1 heterocycles. The van der Waals surface area contributed by atoms with Crippen molar-refractivity contribution >= 4 is 11.3 Å². The Balaban J connectivity index is 2.70. The van der Waals surface area contributed by atoms with Crippen LogP contribution in [0.5, 0.6) is 5.75 Å². The standard InChI is InChI=1S/C13H19NOS/c1-4-6-7-8-11(14-5-2)13-12(15-3)9-10-16-13/h9-11,14H,5,7-8H2,1-3H3. The smallest absolute Gasteiger partial charge is 0.134 e. The Morgan fingerprint density at radius 1 is 1.56 bits per heavy atom. The highest BCUT2D eigenvalue weighted by atomic mass is 32.1. The van der Waals surface area contributed by atoms with E-state index in [4.69, 9.17) is 4.74 Å². The van der Waals surface area contributed by atoms with Gasteiger partial charge in [0.2, 0.25) is 0 Å². The maximum absolute atomic E-state index is 5.35. The van der Waals surface area contributed by atoms with Crippen LogP contribution in [0.25, 0.3) is 0 Å². The summed E-state index contributed by atoms with van der Waals surface area (Å²) in [6.45, 7) is 4.97. The van der Waals surface area contributed by atoms with Crippen LogP contribution in [0.3, 0.4) is 0 Å². The topological polar surface area (TPSA) is 21.3 Å². The molecule has 3 heteroatoms. The molecule has 0 fully saturated rings. The minimum absolute atomic E-state index is 0.362.